The number of rotatable bonds is 11. The van der Waals surface area contributed by atoms with Crippen LogP contribution in [0.5, 0.6) is 0 Å². The monoisotopic (exact) mass is 948 g/mol. The lowest BCUT2D eigenvalue weighted by Crippen LogP contribution is -2.14. The third-order valence-electron chi connectivity index (χ3n) is 13.9. The van der Waals surface area contributed by atoms with Crippen molar-refractivity contribution in [2.45, 2.75) is 0 Å². The number of thiophene rings is 1. The fourth-order valence-electron chi connectivity index (χ4n) is 10.5. The molecule has 0 atom stereocenters. The molecule has 1 aromatic heterocycles. The summed E-state index contributed by atoms with van der Waals surface area (Å²) < 4.78 is 2.56. The molecular formula is C70H48N2S. The van der Waals surface area contributed by atoms with Gasteiger partial charge < -0.3 is 9.80 Å². The molecule has 3 heteroatoms. The minimum atomic E-state index is 1.04. The van der Waals surface area contributed by atoms with Crippen LogP contribution in [0.3, 0.4) is 0 Å². The maximum Gasteiger partial charge on any atom is 0.0488 e. The topological polar surface area (TPSA) is 6.48 Å². The van der Waals surface area contributed by atoms with E-state index >= 15 is 0 Å². The summed E-state index contributed by atoms with van der Waals surface area (Å²) in [5.74, 6) is 0. The van der Waals surface area contributed by atoms with E-state index in [1.54, 1.807) is 0 Å². The minimum absolute atomic E-state index is 1.04. The van der Waals surface area contributed by atoms with Gasteiger partial charge in [0.2, 0.25) is 0 Å². The van der Waals surface area contributed by atoms with Crippen LogP contribution in [0, 0.1) is 0 Å². The third-order valence-corrected chi connectivity index (χ3v) is 15.0. The second-order valence-electron chi connectivity index (χ2n) is 18.6. The maximum atomic E-state index is 2.44. The molecule has 0 unspecified atom stereocenters. The summed E-state index contributed by atoms with van der Waals surface area (Å²) in [7, 11) is 0. The van der Waals surface area contributed by atoms with Crippen LogP contribution in [0.25, 0.3) is 86.6 Å². The zero-order valence-corrected chi connectivity index (χ0v) is 40.8. The molecule has 0 aliphatic carbocycles. The molecule has 0 saturated carbocycles. The van der Waals surface area contributed by atoms with Crippen molar-refractivity contribution in [1.29, 1.82) is 0 Å². The Bertz CT molecular complexity index is 3760. The molecular weight excluding hydrogens is 901 g/mol. The third kappa shape index (κ3) is 8.63. The average Bonchev–Trinajstić information content (AvgIpc) is 3.85. The first kappa shape index (κ1) is 43.7. The smallest absolute Gasteiger partial charge is 0.0488 e. The Kier molecular flexibility index (Phi) is 11.5. The number of anilines is 6. The highest BCUT2D eigenvalue weighted by molar-refractivity contribution is 7.26. The first-order valence-corrected chi connectivity index (χ1v) is 25.7. The Morgan fingerprint density at radius 2 is 0.575 bits per heavy atom. The number of benzene rings is 12. The van der Waals surface area contributed by atoms with Gasteiger partial charge in [-0.25, -0.2) is 0 Å². The highest BCUT2D eigenvalue weighted by atomic mass is 32.1. The SMILES string of the molecule is c1ccc(-c2cc(-c3ccccc3)cc(N(c3ccccc3)c3cc(-c4ccc5c(c4)sc4ccc6ccccc6c45)cc(N(c4ccccc4)c4cc(-c5ccccc5)cc(-c5ccccc5)c4)c3)c2)cc1. The Hall–Kier alpha value is -9.28. The molecule has 13 aromatic rings. The second kappa shape index (κ2) is 19.1. The standard InChI is InChI=1S/C70H48N2S/c1-7-21-49(22-8-1)55-39-56(50-23-9-2-10-24-50)42-62(41-55)71(60-30-15-5-16-31-60)64-45-59(54-35-37-67-69(47-54)73-68-38-36-53-29-19-20-34-66(53)70(67)68)46-65(48-64)72(61-32-17-6-18-33-61)63-43-57(51-25-11-3-12-26-51)40-58(44-63)52-27-13-4-14-28-52/h1-48H. The fourth-order valence-corrected chi connectivity index (χ4v) is 11.6. The van der Waals surface area contributed by atoms with Crippen LogP contribution in [0.2, 0.25) is 0 Å². The summed E-state index contributed by atoms with van der Waals surface area (Å²) in [5.41, 5.74) is 17.8. The van der Waals surface area contributed by atoms with Gasteiger partial charge in [0.25, 0.3) is 0 Å². The van der Waals surface area contributed by atoms with Gasteiger partial charge in [0, 0.05) is 54.3 Å². The van der Waals surface area contributed by atoms with Crippen LogP contribution in [0.1, 0.15) is 0 Å². The number of hydrogen-bond acceptors (Lipinski definition) is 3. The molecule has 0 saturated heterocycles. The molecule has 0 radical (unpaired) electrons. The lowest BCUT2D eigenvalue weighted by Gasteiger charge is -2.31. The van der Waals surface area contributed by atoms with E-state index < -0.39 is 0 Å². The lowest BCUT2D eigenvalue weighted by atomic mass is 9.96. The molecule has 0 aliphatic heterocycles. The molecule has 0 N–H and O–H groups in total. The molecule has 0 bridgehead atoms. The normalized spacial score (nSPS) is 11.3. The second-order valence-corrected chi connectivity index (χ2v) is 19.6. The van der Waals surface area contributed by atoms with Gasteiger partial charge in [-0.1, -0.05) is 200 Å². The molecule has 0 fully saturated rings. The molecule has 344 valence electrons. The van der Waals surface area contributed by atoms with Crippen LogP contribution >= 0.6 is 11.3 Å². The maximum absolute atomic E-state index is 2.44. The van der Waals surface area contributed by atoms with E-state index in [1.807, 2.05) is 11.3 Å². The zero-order chi connectivity index (χ0) is 48.5. The summed E-state index contributed by atoms with van der Waals surface area (Å²) >= 11 is 1.87. The van der Waals surface area contributed by atoms with Crippen molar-refractivity contribution in [3.63, 3.8) is 0 Å². The Balaban J connectivity index is 1.09. The first-order valence-electron chi connectivity index (χ1n) is 24.9. The highest BCUT2D eigenvalue weighted by Crippen LogP contribution is 2.47. The highest BCUT2D eigenvalue weighted by Gasteiger charge is 2.22. The molecule has 1 heterocycles. The van der Waals surface area contributed by atoms with Crippen molar-refractivity contribution in [1.82, 2.24) is 0 Å². The lowest BCUT2D eigenvalue weighted by molar-refractivity contribution is 1.25. The molecule has 2 nitrogen and oxygen atoms in total. The Morgan fingerprint density at radius 3 is 1.01 bits per heavy atom. The summed E-state index contributed by atoms with van der Waals surface area (Å²) in [6.45, 7) is 0. The van der Waals surface area contributed by atoms with Gasteiger partial charge in [0.05, 0.1) is 0 Å². The molecule has 13 rings (SSSR count). The Morgan fingerprint density at radius 1 is 0.205 bits per heavy atom. The van der Waals surface area contributed by atoms with Crippen molar-refractivity contribution >= 4 is 76.4 Å². The van der Waals surface area contributed by atoms with Crippen LogP contribution in [-0.4, -0.2) is 0 Å². The van der Waals surface area contributed by atoms with Gasteiger partial charge in [-0.3, -0.25) is 0 Å². The molecule has 0 amide bonds. The molecule has 0 spiro atoms. The number of hydrogen-bond donors (Lipinski definition) is 0. The van der Waals surface area contributed by atoms with Gasteiger partial charge in [-0.05, 0) is 157 Å². The Labute approximate surface area is 430 Å². The van der Waals surface area contributed by atoms with Crippen molar-refractivity contribution < 1.29 is 0 Å². The fraction of sp³-hybridized carbons (Fsp3) is 0. The van der Waals surface area contributed by atoms with Crippen molar-refractivity contribution in [3.05, 3.63) is 291 Å². The van der Waals surface area contributed by atoms with Crippen LogP contribution in [-0.2, 0) is 0 Å². The predicted octanol–water partition coefficient (Wildman–Crippen LogP) is 20.5. The van der Waals surface area contributed by atoms with Crippen molar-refractivity contribution in [2.24, 2.45) is 0 Å². The molecule has 73 heavy (non-hydrogen) atoms. The summed E-state index contributed by atoms with van der Waals surface area (Å²) in [5, 5.41) is 5.16. The van der Waals surface area contributed by atoms with E-state index in [9.17, 15) is 0 Å². The largest absolute Gasteiger partial charge is 0.310 e. The summed E-state index contributed by atoms with van der Waals surface area (Å²) in [6, 6.07) is 106. The number of nitrogens with zero attached hydrogens (tertiary/aromatic N) is 2. The van der Waals surface area contributed by atoms with E-state index in [1.165, 1.54) is 30.9 Å². The van der Waals surface area contributed by atoms with Crippen LogP contribution < -0.4 is 9.80 Å². The quantitative estimate of drug-likeness (QED) is 0.127. The summed E-state index contributed by atoms with van der Waals surface area (Å²) in [6.07, 6.45) is 0. The average molecular weight is 949 g/mol. The summed E-state index contributed by atoms with van der Waals surface area (Å²) in [4.78, 5) is 4.88. The van der Waals surface area contributed by atoms with Crippen molar-refractivity contribution in [2.75, 3.05) is 9.80 Å². The van der Waals surface area contributed by atoms with Gasteiger partial charge in [0.1, 0.15) is 0 Å². The van der Waals surface area contributed by atoms with E-state index in [2.05, 4.69) is 301 Å². The molecule has 0 aliphatic rings. The van der Waals surface area contributed by atoms with E-state index in [4.69, 9.17) is 0 Å². The van der Waals surface area contributed by atoms with Gasteiger partial charge in [0.15, 0.2) is 0 Å². The predicted molar refractivity (Wildman–Crippen MR) is 313 cm³/mol. The number of para-hydroxylation sites is 2. The van der Waals surface area contributed by atoms with E-state index in [-0.39, 0.29) is 0 Å². The van der Waals surface area contributed by atoms with Gasteiger partial charge in [-0.2, -0.15) is 0 Å². The van der Waals surface area contributed by atoms with Gasteiger partial charge in [-0.15, -0.1) is 11.3 Å². The molecule has 12 aromatic carbocycles. The van der Waals surface area contributed by atoms with Crippen LogP contribution in [0.4, 0.5) is 34.1 Å². The van der Waals surface area contributed by atoms with Crippen molar-refractivity contribution in [3.8, 4) is 55.6 Å². The first-order chi connectivity index (χ1) is 36.2. The zero-order valence-electron chi connectivity index (χ0n) is 40.0. The minimum Gasteiger partial charge on any atom is -0.310 e. The van der Waals surface area contributed by atoms with E-state index in [0.717, 1.165) is 89.8 Å². The van der Waals surface area contributed by atoms with E-state index in [0.29, 0.717) is 0 Å². The number of fused-ring (bicyclic) bond motifs is 5. The van der Waals surface area contributed by atoms with Crippen LogP contribution in [0.15, 0.2) is 291 Å². The van der Waals surface area contributed by atoms with Gasteiger partial charge >= 0.3 is 0 Å².